The van der Waals surface area contributed by atoms with Crippen LogP contribution in [0.15, 0.2) is 35.1 Å². The standard InChI is InChI=1S/C22H23N3O6/c1-28-16-7-5-6-13(19(16)31-4)21(26)24-25-20(12-8-9-12)23-15-11-18(30-3)17(29-2)10-14(15)22(25)27/h5-7,10-12H,8-9H2,1-4H3,(H,24,26). The van der Waals surface area contributed by atoms with Gasteiger partial charge in [0, 0.05) is 12.0 Å². The number of para-hydroxylation sites is 1. The lowest BCUT2D eigenvalue weighted by molar-refractivity contribution is 0.100. The molecule has 31 heavy (non-hydrogen) atoms. The van der Waals surface area contributed by atoms with Crippen molar-refractivity contribution in [3.63, 3.8) is 0 Å². The lowest BCUT2D eigenvalue weighted by Crippen LogP contribution is -2.36. The first-order chi connectivity index (χ1) is 15.0. The molecule has 162 valence electrons. The molecule has 4 rings (SSSR count). The van der Waals surface area contributed by atoms with Crippen molar-refractivity contribution < 1.29 is 23.7 Å². The molecule has 0 atom stereocenters. The van der Waals surface area contributed by atoms with Crippen molar-refractivity contribution in [1.82, 2.24) is 9.66 Å². The van der Waals surface area contributed by atoms with Gasteiger partial charge < -0.3 is 18.9 Å². The second-order valence-corrected chi connectivity index (χ2v) is 7.09. The highest BCUT2D eigenvalue weighted by molar-refractivity contribution is 6.03. The number of ether oxygens (including phenoxy) is 4. The first kappa shape index (κ1) is 20.5. The van der Waals surface area contributed by atoms with Gasteiger partial charge in [-0.15, -0.1) is 0 Å². The van der Waals surface area contributed by atoms with Gasteiger partial charge in [-0.1, -0.05) is 6.07 Å². The molecule has 0 unspecified atom stereocenters. The lowest BCUT2D eigenvalue weighted by atomic mass is 10.1. The number of carbonyl (C=O) groups is 1. The van der Waals surface area contributed by atoms with E-state index in [-0.39, 0.29) is 17.2 Å². The molecule has 1 N–H and O–H groups in total. The first-order valence-corrected chi connectivity index (χ1v) is 9.73. The van der Waals surface area contributed by atoms with Gasteiger partial charge in [0.2, 0.25) is 0 Å². The number of amides is 1. The van der Waals surface area contributed by atoms with Crippen molar-refractivity contribution >= 4 is 16.8 Å². The fraction of sp³-hybridized carbons (Fsp3) is 0.318. The van der Waals surface area contributed by atoms with Gasteiger partial charge in [-0.05, 0) is 31.0 Å². The summed E-state index contributed by atoms with van der Waals surface area (Å²) in [4.78, 5) is 31.1. The number of carbonyl (C=O) groups excluding carboxylic acids is 1. The second kappa shape index (κ2) is 8.17. The Bertz CT molecular complexity index is 1220. The Morgan fingerprint density at radius 1 is 1.00 bits per heavy atom. The molecule has 0 radical (unpaired) electrons. The number of rotatable bonds is 7. The summed E-state index contributed by atoms with van der Waals surface area (Å²) in [5.41, 5.74) is 3.02. The van der Waals surface area contributed by atoms with Crippen molar-refractivity contribution in [2.45, 2.75) is 18.8 Å². The average Bonchev–Trinajstić information content (AvgIpc) is 3.64. The normalized spacial score (nSPS) is 13.0. The minimum atomic E-state index is -0.513. The maximum atomic E-state index is 13.3. The van der Waals surface area contributed by atoms with Gasteiger partial charge in [-0.3, -0.25) is 15.0 Å². The van der Waals surface area contributed by atoms with Crippen molar-refractivity contribution in [1.29, 1.82) is 0 Å². The number of nitrogens with zero attached hydrogens (tertiary/aromatic N) is 2. The van der Waals surface area contributed by atoms with Gasteiger partial charge in [-0.25, -0.2) is 9.66 Å². The minimum Gasteiger partial charge on any atom is -0.493 e. The number of benzene rings is 2. The molecule has 0 saturated heterocycles. The van der Waals surface area contributed by atoms with E-state index in [1.165, 1.54) is 33.1 Å². The van der Waals surface area contributed by atoms with E-state index < -0.39 is 11.5 Å². The summed E-state index contributed by atoms with van der Waals surface area (Å²) in [6.07, 6.45) is 1.78. The van der Waals surface area contributed by atoms with Crippen LogP contribution in [0.2, 0.25) is 0 Å². The van der Waals surface area contributed by atoms with Gasteiger partial charge in [-0.2, -0.15) is 0 Å². The fourth-order valence-electron chi connectivity index (χ4n) is 3.48. The fourth-order valence-corrected chi connectivity index (χ4v) is 3.48. The molecule has 9 heteroatoms. The van der Waals surface area contributed by atoms with Crippen LogP contribution in [0.3, 0.4) is 0 Å². The van der Waals surface area contributed by atoms with Crippen molar-refractivity contribution in [2.75, 3.05) is 33.9 Å². The molecule has 1 aliphatic rings. The molecule has 0 bridgehead atoms. The highest BCUT2D eigenvalue weighted by atomic mass is 16.5. The van der Waals surface area contributed by atoms with E-state index in [1.807, 2.05) is 0 Å². The molecule has 1 fully saturated rings. The van der Waals surface area contributed by atoms with Crippen LogP contribution in [0.1, 0.15) is 34.9 Å². The van der Waals surface area contributed by atoms with Crippen LogP contribution >= 0.6 is 0 Å². The third-order valence-corrected chi connectivity index (χ3v) is 5.20. The summed E-state index contributed by atoms with van der Waals surface area (Å²) in [6.45, 7) is 0. The molecule has 3 aromatic rings. The van der Waals surface area contributed by atoms with Gasteiger partial charge in [0.25, 0.3) is 11.5 Å². The highest BCUT2D eigenvalue weighted by Gasteiger charge is 2.31. The smallest absolute Gasteiger partial charge is 0.280 e. The summed E-state index contributed by atoms with van der Waals surface area (Å²) in [7, 11) is 5.96. The molecule has 1 aliphatic carbocycles. The molecule has 1 saturated carbocycles. The van der Waals surface area contributed by atoms with E-state index in [4.69, 9.17) is 18.9 Å². The largest absolute Gasteiger partial charge is 0.493 e. The second-order valence-electron chi connectivity index (χ2n) is 7.09. The van der Waals surface area contributed by atoms with Gasteiger partial charge >= 0.3 is 0 Å². The number of aromatic nitrogens is 2. The number of hydrogen-bond acceptors (Lipinski definition) is 7. The zero-order valence-electron chi connectivity index (χ0n) is 17.7. The number of methoxy groups -OCH3 is 4. The van der Waals surface area contributed by atoms with E-state index >= 15 is 0 Å². The van der Waals surface area contributed by atoms with Crippen LogP contribution in [0.5, 0.6) is 23.0 Å². The first-order valence-electron chi connectivity index (χ1n) is 9.73. The van der Waals surface area contributed by atoms with E-state index in [2.05, 4.69) is 10.4 Å². The molecule has 1 amide bonds. The van der Waals surface area contributed by atoms with Crippen LogP contribution in [0.4, 0.5) is 0 Å². The Balaban J connectivity index is 1.84. The molecule has 2 aromatic carbocycles. The van der Waals surface area contributed by atoms with Crippen LogP contribution < -0.4 is 29.9 Å². The predicted octanol–water partition coefficient (Wildman–Crippen LogP) is 2.69. The molecule has 1 aromatic heterocycles. The van der Waals surface area contributed by atoms with Crippen molar-refractivity contribution in [3.8, 4) is 23.0 Å². The highest BCUT2D eigenvalue weighted by Crippen LogP contribution is 2.39. The Hall–Kier alpha value is -3.75. The number of fused-ring (bicyclic) bond motifs is 1. The van der Waals surface area contributed by atoms with Crippen LogP contribution in [-0.2, 0) is 0 Å². The van der Waals surface area contributed by atoms with Crippen molar-refractivity contribution in [2.24, 2.45) is 0 Å². The monoisotopic (exact) mass is 425 g/mol. The molecular weight excluding hydrogens is 402 g/mol. The third-order valence-electron chi connectivity index (χ3n) is 5.20. The lowest BCUT2D eigenvalue weighted by Gasteiger charge is -2.17. The summed E-state index contributed by atoms with van der Waals surface area (Å²) in [5, 5.41) is 0.306. The Labute approximate surface area is 178 Å². The van der Waals surface area contributed by atoms with Crippen molar-refractivity contribution in [3.05, 3.63) is 52.1 Å². The van der Waals surface area contributed by atoms with Gasteiger partial charge in [0.05, 0.1) is 44.9 Å². The molecular formula is C22H23N3O6. The zero-order valence-corrected chi connectivity index (χ0v) is 17.7. The minimum absolute atomic E-state index is 0.0951. The molecule has 1 heterocycles. The summed E-state index contributed by atoms with van der Waals surface area (Å²) < 4.78 is 22.5. The number of nitrogens with one attached hydrogen (secondary N) is 1. The predicted molar refractivity (Wildman–Crippen MR) is 114 cm³/mol. The quantitative estimate of drug-likeness (QED) is 0.621. The summed E-state index contributed by atoms with van der Waals surface area (Å²) in [6, 6.07) is 8.19. The maximum absolute atomic E-state index is 13.3. The molecule has 0 spiro atoms. The number of hydrogen-bond donors (Lipinski definition) is 1. The average molecular weight is 425 g/mol. The maximum Gasteiger partial charge on any atom is 0.280 e. The SMILES string of the molecule is COc1cc2nc(C3CC3)n(NC(=O)c3cccc(OC)c3OC)c(=O)c2cc1OC. The Kier molecular flexibility index (Phi) is 5.41. The van der Waals surface area contributed by atoms with E-state index in [0.29, 0.717) is 34.0 Å². The van der Waals surface area contributed by atoms with Gasteiger partial charge in [0.1, 0.15) is 5.82 Å². The topological polar surface area (TPSA) is 101 Å². The van der Waals surface area contributed by atoms with Gasteiger partial charge in [0.15, 0.2) is 23.0 Å². The van der Waals surface area contributed by atoms with Crippen LogP contribution in [0.25, 0.3) is 10.9 Å². The summed E-state index contributed by atoms with van der Waals surface area (Å²) in [5.74, 6) is 1.66. The Morgan fingerprint density at radius 3 is 2.29 bits per heavy atom. The molecule has 0 aliphatic heterocycles. The van der Waals surface area contributed by atoms with E-state index in [1.54, 1.807) is 30.3 Å². The Morgan fingerprint density at radius 2 is 1.68 bits per heavy atom. The van der Waals surface area contributed by atoms with Crippen LogP contribution in [0, 0.1) is 0 Å². The summed E-state index contributed by atoms with van der Waals surface area (Å²) >= 11 is 0. The van der Waals surface area contributed by atoms with Crippen LogP contribution in [-0.4, -0.2) is 44.0 Å². The van der Waals surface area contributed by atoms with E-state index in [0.717, 1.165) is 12.8 Å². The third kappa shape index (κ3) is 3.63. The zero-order chi connectivity index (χ0) is 22.1. The molecule has 9 nitrogen and oxygen atoms in total. The van der Waals surface area contributed by atoms with E-state index in [9.17, 15) is 9.59 Å².